The molecule has 7 heteroatoms. The number of phenols is 2. The first-order chi connectivity index (χ1) is 8.43. The van der Waals surface area contributed by atoms with Crippen molar-refractivity contribution >= 4 is 0 Å². The number of aromatic hydroxyl groups is 2. The second-order valence-corrected chi connectivity index (χ2v) is 3.14. The number of benzene rings is 2. The monoisotopic (exact) mass is 308 g/mol. The fraction of sp³-hybridized carbons (Fsp3) is 0. The van der Waals surface area contributed by atoms with Gasteiger partial charge in [0.25, 0.3) is 0 Å². The molecule has 19 heavy (non-hydrogen) atoms. The molecule has 0 saturated carbocycles. The summed E-state index contributed by atoms with van der Waals surface area (Å²) in [7, 11) is 0. The molecule has 0 fully saturated rings. The number of hydrogen-bond acceptors (Lipinski definition) is 2. The van der Waals surface area contributed by atoms with Crippen LogP contribution in [0.3, 0.4) is 0 Å². The Bertz CT molecular complexity index is 459. The Hall–Kier alpha value is -1.53. The molecule has 0 heterocycles. The van der Waals surface area contributed by atoms with Crippen molar-refractivity contribution in [3.05, 3.63) is 59.7 Å². The standard InChI is InChI=1S/2C6H4F2O.Ti/c2*7-4-2-1-3-5(8)6(4)9;/h2*1-3,9H;. The topological polar surface area (TPSA) is 40.5 Å². The molecule has 0 aliphatic rings. The first-order valence-electron chi connectivity index (χ1n) is 4.69. The molecule has 0 bridgehead atoms. The van der Waals surface area contributed by atoms with Crippen molar-refractivity contribution in [2.75, 3.05) is 0 Å². The van der Waals surface area contributed by atoms with Crippen molar-refractivity contribution in [2.45, 2.75) is 0 Å². The molecule has 0 radical (unpaired) electrons. The Morgan fingerprint density at radius 1 is 0.579 bits per heavy atom. The average Bonchev–Trinajstić information content (AvgIpc) is 2.34. The number of para-hydroxylation sites is 2. The molecular formula is C12H8F4O2Ti. The SMILES string of the molecule is Oc1c(F)cccc1F.Oc1c(F)cccc1F.[Ti]. The average molecular weight is 308 g/mol. The van der Waals surface area contributed by atoms with Gasteiger partial charge in [0.2, 0.25) is 0 Å². The number of halogens is 4. The molecule has 2 N–H and O–H groups in total. The third kappa shape index (κ3) is 4.92. The summed E-state index contributed by atoms with van der Waals surface area (Å²) in [6, 6.07) is 6.31. The van der Waals surface area contributed by atoms with Crippen molar-refractivity contribution in [3.63, 3.8) is 0 Å². The largest absolute Gasteiger partial charge is 0.503 e. The number of hydrogen-bond donors (Lipinski definition) is 2. The van der Waals surface area contributed by atoms with Crippen LogP contribution in [-0.4, -0.2) is 10.2 Å². The van der Waals surface area contributed by atoms with Gasteiger partial charge < -0.3 is 10.2 Å². The van der Waals surface area contributed by atoms with Crippen molar-refractivity contribution in [3.8, 4) is 11.5 Å². The van der Waals surface area contributed by atoms with E-state index in [1.54, 1.807) is 0 Å². The molecule has 2 aromatic rings. The second kappa shape index (κ2) is 7.81. The summed E-state index contributed by atoms with van der Waals surface area (Å²) < 4.78 is 48.4. The molecule has 0 aromatic heterocycles. The van der Waals surface area contributed by atoms with E-state index in [0.29, 0.717) is 0 Å². The van der Waals surface area contributed by atoms with E-state index in [1.165, 1.54) is 12.1 Å². The summed E-state index contributed by atoms with van der Waals surface area (Å²) in [6.45, 7) is 0. The van der Waals surface area contributed by atoms with Gasteiger partial charge in [-0.05, 0) is 24.3 Å². The van der Waals surface area contributed by atoms with Gasteiger partial charge in [-0.3, -0.25) is 0 Å². The quantitative estimate of drug-likeness (QED) is 0.579. The predicted octanol–water partition coefficient (Wildman–Crippen LogP) is 3.34. The zero-order chi connectivity index (χ0) is 13.7. The normalized spacial score (nSPS) is 9.05. The van der Waals surface area contributed by atoms with Crippen LogP contribution in [0.2, 0.25) is 0 Å². The zero-order valence-electron chi connectivity index (χ0n) is 9.37. The fourth-order valence-electron chi connectivity index (χ4n) is 0.978. The van der Waals surface area contributed by atoms with Crippen LogP contribution in [-0.2, 0) is 21.7 Å². The molecule has 100 valence electrons. The van der Waals surface area contributed by atoms with E-state index in [2.05, 4.69) is 0 Å². The molecule has 0 atom stereocenters. The van der Waals surface area contributed by atoms with E-state index >= 15 is 0 Å². The summed E-state index contributed by atoms with van der Waals surface area (Å²) in [6.07, 6.45) is 0. The van der Waals surface area contributed by atoms with E-state index < -0.39 is 34.8 Å². The van der Waals surface area contributed by atoms with Crippen LogP contribution in [0.25, 0.3) is 0 Å². The van der Waals surface area contributed by atoms with Crippen molar-refractivity contribution in [2.24, 2.45) is 0 Å². The van der Waals surface area contributed by atoms with Gasteiger partial charge in [-0.2, -0.15) is 0 Å². The van der Waals surface area contributed by atoms with Gasteiger partial charge in [0.05, 0.1) is 0 Å². The van der Waals surface area contributed by atoms with Gasteiger partial charge in [-0.15, -0.1) is 0 Å². The van der Waals surface area contributed by atoms with Crippen LogP contribution in [0.15, 0.2) is 36.4 Å². The van der Waals surface area contributed by atoms with Gasteiger partial charge in [-0.1, -0.05) is 12.1 Å². The van der Waals surface area contributed by atoms with Crippen LogP contribution in [0, 0.1) is 23.3 Å². The third-order valence-electron chi connectivity index (χ3n) is 1.88. The van der Waals surface area contributed by atoms with Crippen molar-refractivity contribution in [1.82, 2.24) is 0 Å². The van der Waals surface area contributed by atoms with Gasteiger partial charge >= 0.3 is 0 Å². The molecule has 0 saturated heterocycles. The summed E-state index contributed by atoms with van der Waals surface area (Å²) in [5.74, 6) is -5.58. The van der Waals surface area contributed by atoms with Crippen LogP contribution >= 0.6 is 0 Å². The molecule has 0 unspecified atom stereocenters. The van der Waals surface area contributed by atoms with Crippen molar-refractivity contribution in [1.29, 1.82) is 0 Å². The van der Waals surface area contributed by atoms with E-state index in [1.807, 2.05) is 0 Å². The molecule has 0 aliphatic carbocycles. The molecule has 0 amide bonds. The maximum Gasteiger partial charge on any atom is 0.187 e. The van der Waals surface area contributed by atoms with Crippen LogP contribution in [0.4, 0.5) is 17.6 Å². The fourth-order valence-corrected chi connectivity index (χ4v) is 0.978. The van der Waals surface area contributed by atoms with Crippen LogP contribution in [0.1, 0.15) is 0 Å². The Balaban J connectivity index is 0.000000324. The Morgan fingerprint density at radius 3 is 0.947 bits per heavy atom. The van der Waals surface area contributed by atoms with E-state index in [4.69, 9.17) is 10.2 Å². The maximum atomic E-state index is 12.1. The van der Waals surface area contributed by atoms with Gasteiger partial charge in [-0.25, -0.2) is 17.6 Å². The first-order valence-corrected chi connectivity index (χ1v) is 4.69. The molecule has 0 spiro atoms. The summed E-state index contributed by atoms with van der Waals surface area (Å²) in [5.41, 5.74) is 0. The second-order valence-electron chi connectivity index (χ2n) is 3.14. The smallest absolute Gasteiger partial charge is 0.187 e. The summed E-state index contributed by atoms with van der Waals surface area (Å²) in [5, 5.41) is 16.9. The molecule has 2 rings (SSSR count). The molecular weight excluding hydrogens is 300 g/mol. The van der Waals surface area contributed by atoms with Crippen LogP contribution in [0.5, 0.6) is 11.5 Å². The van der Waals surface area contributed by atoms with Crippen LogP contribution < -0.4 is 0 Å². The molecule has 2 aromatic carbocycles. The number of phenolic OH excluding ortho intramolecular Hbond substituents is 2. The minimum atomic E-state index is -0.935. The minimum absolute atomic E-state index is 0. The Morgan fingerprint density at radius 2 is 0.789 bits per heavy atom. The third-order valence-corrected chi connectivity index (χ3v) is 1.88. The van der Waals surface area contributed by atoms with Crippen molar-refractivity contribution < 1.29 is 49.5 Å². The summed E-state index contributed by atoms with van der Waals surface area (Å²) >= 11 is 0. The van der Waals surface area contributed by atoms with E-state index in [-0.39, 0.29) is 21.7 Å². The first kappa shape index (κ1) is 17.5. The zero-order valence-corrected chi connectivity index (χ0v) is 10.9. The number of rotatable bonds is 0. The van der Waals surface area contributed by atoms with Gasteiger partial charge in [0, 0.05) is 21.7 Å². The maximum absolute atomic E-state index is 12.1. The molecule has 0 aliphatic heterocycles. The van der Waals surface area contributed by atoms with E-state index in [9.17, 15) is 17.6 Å². The predicted molar refractivity (Wildman–Crippen MR) is 56.0 cm³/mol. The van der Waals surface area contributed by atoms with E-state index in [0.717, 1.165) is 24.3 Å². The van der Waals surface area contributed by atoms with Gasteiger partial charge in [0.1, 0.15) is 0 Å². The van der Waals surface area contributed by atoms with Gasteiger partial charge in [0.15, 0.2) is 34.8 Å². The Labute approximate surface area is 121 Å². The molecule has 2 nitrogen and oxygen atoms in total. The summed E-state index contributed by atoms with van der Waals surface area (Å²) in [4.78, 5) is 0. The Kier molecular flexibility index (Phi) is 7.18. The minimum Gasteiger partial charge on any atom is -0.503 e.